The lowest BCUT2D eigenvalue weighted by Crippen LogP contribution is -1.75. The molecule has 0 aliphatic heterocycles. The monoisotopic (exact) mass is 160 g/mol. The van der Waals surface area contributed by atoms with Gasteiger partial charge in [0.2, 0.25) is 0 Å². The highest BCUT2D eigenvalue weighted by molar-refractivity contribution is 4.88. The third-order valence-corrected chi connectivity index (χ3v) is 1.19. The van der Waals surface area contributed by atoms with Gasteiger partial charge in [-0.2, -0.15) is 0 Å². The maximum absolute atomic E-state index is 3.67. The molecule has 0 aliphatic rings. The molecule has 0 bridgehead atoms. The van der Waals surface area contributed by atoms with Crippen molar-refractivity contribution in [1.29, 1.82) is 0 Å². The van der Waals surface area contributed by atoms with Crippen LogP contribution in [0.15, 0.2) is 43.1 Å². The first kappa shape index (κ1) is 8.46. The van der Waals surface area contributed by atoms with Crippen LogP contribution in [-0.2, 0) is 7.05 Å². The van der Waals surface area contributed by atoms with Crippen molar-refractivity contribution in [2.45, 2.75) is 0 Å². The summed E-state index contributed by atoms with van der Waals surface area (Å²) in [6.45, 7) is 0. The summed E-state index contributed by atoms with van der Waals surface area (Å²) in [5.74, 6) is 0. The Balaban J connectivity index is 0.000000120. The maximum atomic E-state index is 3.67. The molecule has 0 fully saturated rings. The van der Waals surface area contributed by atoms with Crippen molar-refractivity contribution in [2.75, 3.05) is 0 Å². The molecule has 0 amide bonds. The first-order valence-electron chi connectivity index (χ1n) is 3.58. The fourth-order valence-corrected chi connectivity index (χ4v) is 0.645. The smallest absolute Gasteiger partial charge is 0.108 e. The number of nitrogens with zero attached hydrogens (tertiary/aromatic N) is 3. The zero-order chi connectivity index (χ0) is 8.65. The SMILES string of the molecule is Cn1cccc1.[c]1cnccn1. The van der Waals surface area contributed by atoms with Gasteiger partial charge in [-0.05, 0) is 12.1 Å². The number of rotatable bonds is 0. The Labute approximate surface area is 71.7 Å². The first-order valence-corrected chi connectivity index (χ1v) is 3.58. The predicted octanol–water partition coefficient (Wildman–Crippen LogP) is 1.30. The standard InChI is InChI=1S/C5H7N.C4H3N2/c1-6-4-2-3-5-6;1-2-6-4-3-5-1/h2-5H,1H3;1-3H. The van der Waals surface area contributed by atoms with Gasteiger partial charge in [0.1, 0.15) is 6.20 Å². The summed E-state index contributed by atoms with van der Waals surface area (Å²) in [6.07, 6.45) is 11.2. The van der Waals surface area contributed by atoms with Crippen LogP contribution in [-0.4, -0.2) is 14.5 Å². The van der Waals surface area contributed by atoms with E-state index in [9.17, 15) is 0 Å². The second-order valence-corrected chi connectivity index (χ2v) is 2.18. The Kier molecular flexibility index (Phi) is 3.57. The van der Waals surface area contributed by atoms with Crippen LogP contribution < -0.4 is 0 Å². The molecule has 0 saturated carbocycles. The van der Waals surface area contributed by atoms with E-state index in [-0.39, 0.29) is 0 Å². The highest BCUT2D eigenvalue weighted by Crippen LogP contribution is 1.80. The van der Waals surface area contributed by atoms with Crippen LogP contribution in [0.25, 0.3) is 0 Å². The van der Waals surface area contributed by atoms with E-state index in [2.05, 4.69) is 16.2 Å². The van der Waals surface area contributed by atoms with Crippen LogP contribution in [0.3, 0.4) is 0 Å². The number of aromatic nitrogens is 3. The molecule has 2 heterocycles. The van der Waals surface area contributed by atoms with Crippen molar-refractivity contribution in [3.05, 3.63) is 49.3 Å². The largest absolute Gasteiger partial charge is 0.357 e. The van der Waals surface area contributed by atoms with Gasteiger partial charge in [0, 0.05) is 31.8 Å². The lowest BCUT2D eigenvalue weighted by molar-refractivity contribution is 0.928. The van der Waals surface area contributed by atoms with Gasteiger partial charge in [-0.25, -0.2) is 0 Å². The summed E-state index contributed by atoms with van der Waals surface area (Å²) in [4.78, 5) is 7.26. The zero-order valence-corrected chi connectivity index (χ0v) is 6.88. The third kappa shape index (κ3) is 3.51. The van der Waals surface area contributed by atoms with Crippen molar-refractivity contribution in [2.24, 2.45) is 7.05 Å². The Hall–Kier alpha value is -1.64. The average Bonchev–Trinajstić information content (AvgIpc) is 2.60. The van der Waals surface area contributed by atoms with Crippen molar-refractivity contribution >= 4 is 0 Å². The zero-order valence-electron chi connectivity index (χ0n) is 6.88. The lowest BCUT2D eigenvalue weighted by Gasteiger charge is -1.79. The molecule has 0 N–H and O–H groups in total. The van der Waals surface area contributed by atoms with Gasteiger partial charge >= 0.3 is 0 Å². The van der Waals surface area contributed by atoms with E-state index < -0.39 is 0 Å². The topological polar surface area (TPSA) is 30.7 Å². The molecule has 12 heavy (non-hydrogen) atoms. The summed E-state index contributed by atoms with van der Waals surface area (Å²) < 4.78 is 2.00. The molecule has 0 unspecified atom stereocenters. The summed E-state index contributed by atoms with van der Waals surface area (Å²) in [5, 5.41) is 0. The minimum Gasteiger partial charge on any atom is -0.357 e. The predicted molar refractivity (Wildman–Crippen MR) is 46.3 cm³/mol. The normalized spacial score (nSPS) is 8.42. The second kappa shape index (κ2) is 5.07. The lowest BCUT2D eigenvalue weighted by atomic mass is 10.7. The fraction of sp³-hybridized carbons (Fsp3) is 0.111. The van der Waals surface area contributed by atoms with Crippen molar-refractivity contribution in [1.82, 2.24) is 14.5 Å². The second-order valence-electron chi connectivity index (χ2n) is 2.18. The molecular weight excluding hydrogens is 150 g/mol. The van der Waals surface area contributed by atoms with E-state index in [0.717, 1.165) is 0 Å². The molecule has 3 heteroatoms. The Morgan fingerprint density at radius 2 is 1.92 bits per heavy atom. The summed E-state index contributed by atoms with van der Waals surface area (Å²) in [5.41, 5.74) is 0. The van der Waals surface area contributed by atoms with E-state index in [1.54, 1.807) is 12.4 Å². The summed E-state index contributed by atoms with van der Waals surface area (Å²) in [6, 6.07) is 4.00. The van der Waals surface area contributed by atoms with Crippen LogP contribution in [0.4, 0.5) is 0 Å². The van der Waals surface area contributed by atoms with Gasteiger partial charge in [-0.3, -0.25) is 9.97 Å². The van der Waals surface area contributed by atoms with Gasteiger partial charge in [-0.1, -0.05) is 0 Å². The van der Waals surface area contributed by atoms with Gasteiger partial charge in [0.25, 0.3) is 0 Å². The summed E-state index contributed by atoms with van der Waals surface area (Å²) >= 11 is 0. The van der Waals surface area contributed by atoms with Crippen LogP contribution in [0.1, 0.15) is 0 Å². The highest BCUT2D eigenvalue weighted by Gasteiger charge is 1.68. The molecule has 3 nitrogen and oxygen atoms in total. The number of hydrogen-bond acceptors (Lipinski definition) is 2. The van der Waals surface area contributed by atoms with Crippen LogP contribution >= 0.6 is 0 Å². The highest BCUT2D eigenvalue weighted by atomic mass is 14.9. The molecule has 0 spiro atoms. The van der Waals surface area contributed by atoms with Crippen molar-refractivity contribution in [3.8, 4) is 0 Å². The van der Waals surface area contributed by atoms with Gasteiger partial charge in [0.15, 0.2) is 0 Å². The Morgan fingerprint density at radius 3 is 2.08 bits per heavy atom. The molecule has 2 aromatic heterocycles. The molecule has 0 aliphatic carbocycles. The van der Waals surface area contributed by atoms with Crippen molar-refractivity contribution < 1.29 is 0 Å². The molecule has 2 rings (SSSR count). The first-order chi connectivity index (χ1) is 5.89. The van der Waals surface area contributed by atoms with Crippen LogP contribution in [0.5, 0.6) is 0 Å². The number of aryl methyl sites for hydroxylation is 1. The van der Waals surface area contributed by atoms with Gasteiger partial charge in [0.05, 0.1) is 6.20 Å². The molecule has 0 saturated heterocycles. The van der Waals surface area contributed by atoms with E-state index >= 15 is 0 Å². The number of hydrogen-bond donors (Lipinski definition) is 0. The minimum atomic E-state index is 1.51. The van der Waals surface area contributed by atoms with E-state index in [0.29, 0.717) is 0 Å². The van der Waals surface area contributed by atoms with E-state index in [1.165, 1.54) is 6.20 Å². The van der Waals surface area contributed by atoms with E-state index in [1.807, 2.05) is 36.1 Å². The minimum absolute atomic E-state index is 1.51. The van der Waals surface area contributed by atoms with Crippen molar-refractivity contribution in [3.63, 3.8) is 0 Å². The van der Waals surface area contributed by atoms with Gasteiger partial charge < -0.3 is 4.57 Å². The molecule has 0 atom stereocenters. The molecule has 0 aromatic carbocycles. The Bertz CT molecular complexity index is 249. The fourth-order valence-electron chi connectivity index (χ4n) is 0.645. The quantitative estimate of drug-likeness (QED) is 0.581. The van der Waals surface area contributed by atoms with E-state index in [4.69, 9.17) is 0 Å². The van der Waals surface area contributed by atoms with Gasteiger partial charge in [-0.15, -0.1) is 0 Å². The molecule has 61 valence electrons. The maximum Gasteiger partial charge on any atom is 0.108 e. The summed E-state index contributed by atoms with van der Waals surface area (Å²) in [7, 11) is 2.00. The average molecular weight is 160 g/mol. The third-order valence-electron chi connectivity index (χ3n) is 1.19. The van der Waals surface area contributed by atoms with Crippen LogP contribution in [0.2, 0.25) is 0 Å². The molecule has 2 aromatic rings. The Morgan fingerprint density at radius 1 is 1.17 bits per heavy atom. The van der Waals surface area contributed by atoms with Crippen LogP contribution in [0, 0.1) is 6.20 Å². The molecular formula is C9H10N3. The molecule has 1 radical (unpaired) electrons.